The van der Waals surface area contributed by atoms with E-state index in [1.165, 1.54) is 24.9 Å². The van der Waals surface area contributed by atoms with Crippen LogP contribution < -0.4 is 10.5 Å². The molecule has 0 aliphatic rings. The molecule has 0 saturated heterocycles. The topological polar surface area (TPSA) is 66.0 Å². The summed E-state index contributed by atoms with van der Waals surface area (Å²) in [6, 6.07) is 2.78. The van der Waals surface area contributed by atoms with Crippen molar-refractivity contribution in [2.24, 2.45) is 7.05 Å². The zero-order valence-corrected chi connectivity index (χ0v) is 10.2. The van der Waals surface area contributed by atoms with Crippen LogP contribution in [0.3, 0.4) is 0 Å². The average Bonchev–Trinajstić information content (AvgIpc) is 2.68. The number of aromatic nitrogens is 3. The van der Waals surface area contributed by atoms with E-state index >= 15 is 0 Å². The molecule has 0 unspecified atom stereocenters. The van der Waals surface area contributed by atoms with Gasteiger partial charge in [-0.2, -0.15) is 0 Å². The second kappa shape index (κ2) is 4.62. The molecule has 0 bridgehead atoms. The number of nitrogens with zero attached hydrogens (tertiary/aromatic N) is 3. The van der Waals surface area contributed by atoms with E-state index < -0.39 is 5.82 Å². The van der Waals surface area contributed by atoms with Crippen LogP contribution in [-0.4, -0.2) is 21.9 Å². The molecule has 17 heavy (non-hydrogen) atoms. The fourth-order valence-corrected chi connectivity index (χ4v) is 2.08. The van der Waals surface area contributed by atoms with E-state index in [2.05, 4.69) is 10.2 Å². The van der Waals surface area contributed by atoms with E-state index in [0.29, 0.717) is 15.7 Å². The molecule has 90 valence electrons. The Balaban J connectivity index is 2.36. The lowest BCUT2D eigenvalue weighted by Gasteiger charge is -2.08. The maximum Gasteiger partial charge on any atom is 0.195 e. The maximum atomic E-state index is 13.3. The Bertz CT molecular complexity index is 543. The lowest BCUT2D eigenvalue weighted by atomic mass is 10.3. The van der Waals surface area contributed by atoms with Gasteiger partial charge in [-0.1, -0.05) is 0 Å². The third kappa shape index (κ3) is 2.33. The molecule has 0 radical (unpaired) electrons. The van der Waals surface area contributed by atoms with Gasteiger partial charge in [-0.05, 0) is 17.8 Å². The number of nitrogens with two attached hydrogens (primary N) is 1. The normalized spacial score (nSPS) is 10.5. The minimum absolute atomic E-state index is 0.156. The molecular formula is C10H11FN4OS. The van der Waals surface area contributed by atoms with Crippen molar-refractivity contribution in [1.82, 2.24) is 14.8 Å². The van der Waals surface area contributed by atoms with Gasteiger partial charge in [0.2, 0.25) is 0 Å². The lowest BCUT2D eigenvalue weighted by Crippen LogP contribution is -1.96. The molecule has 0 aliphatic heterocycles. The van der Waals surface area contributed by atoms with Crippen molar-refractivity contribution in [2.75, 3.05) is 12.8 Å². The fraction of sp³-hybridized carbons (Fsp3) is 0.200. The van der Waals surface area contributed by atoms with Crippen molar-refractivity contribution in [3.8, 4) is 5.75 Å². The molecule has 0 spiro atoms. The first-order chi connectivity index (χ1) is 8.11. The first-order valence-corrected chi connectivity index (χ1v) is 5.58. The van der Waals surface area contributed by atoms with E-state index in [-0.39, 0.29) is 5.75 Å². The summed E-state index contributed by atoms with van der Waals surface area (Å²) in [5, 5.41) is 8.34. The van der Waals surface area contributed by atoms with Crippen LogP contribution in [0, 0.1) is 5.82 Å². The molecule has 1 heterocycles. The maximum absolute atomic E-state index is 13.3. The number of nitrogen functional groups attached to an aromatic ring is 1. The Morgan fingerprint density at radius 2 is 2.24 bits per heavy atom. The summed E-state index contributed by atoms with van der Waals surface area (Å²) >= 11 is 1.30. The summed E-state index contributed by atoms with van der Waals surface area (Å²) in [5.41, 5.74) is 6.08. The Kier molecular flexibility index (Phi) is 3.19. The molecular weight excluding hydrogens is 243 g/mol. The predicted molar refractivity (Wildman–Crippen MR) is 62.5 cm³/mol. The van der Waals surface area contributed by atoms with Crippen molar-refractivity contribution >= 4 is 17.4 Å². The number of benzene rings is 1. The molecule has 0 aliphatic carbocycles. The summed E-state index contributed by atoms with van der Waals surface area (Å²) in [7, 11) is 3.23. The molecule has 2 rings (SSSR count). The Labute approximate surface area is 102 Å². The number of methoxy groups -OCH3 is 1. The highest BCUT2D eigenvalue weighted by molar-refractivity contribution is 7.99. The van der Waals surface area contributed by atoms with Crippen molar-refractivity contribution < 1.29 is 9.13 Å². The van der Waals surface area contributed by atoms with Crippen LogP contribution in [0.5, 0.6) is 5.75 Å². The monoisotopic (exact) mass is 254 g/mol. The van der Waals surface area contributed by atoms with Gasteiger partial charge in [0.15, 0.2) is 16.7 Å². The molecule has 0 amide bonds. The molecule has 0 fully saturated rings. The van der Waals surface area contributed by atoms with E-state index in [0.717, 1.165) is 0 Å². The largest absolute Gasteiger partial charge is 0.494 e. The Morgan fingerprint density at radius 3 is 2.82 bits per heavy atom. The number of hydrogen-bond donors (Lipinski definition) is 1. The van der Waals surface area contributed by atoms with Crippen molar-refractivity contribution in [2.45, 2.75) is 10.1 Å². The van der Waals surface area contributed by atoms with Crippen LogP contribution in [0.4, 0.5) is 10.1 Å². The van der Waals surface area contributed by atoms with Crippen molar-refractivity contribution in [3.05, 3.63) is 24.3 Å². The van der Waals surface area contributed by atoms with E-state index in [1.807, 2.05) is 7.05 Å². The van der Waals surface area contributed by atoms with Crippen LogP contribution in [0.15, 0.2) is 28.5 Å². The first-order valence-electron chi connectivity index (χ1n) is 4.76. The predicted octanol–water partition coefficient (Wildman–Crippen LogP) is 1.70. The second-order valence-electron chi connectivity index (χ2n) is 3.35. The zero-order chi connectivity index (χ0) is 12.4. The molecule has 5 nitrogen and oxygen atoms in total. The lowest BCUT2D eigenvalue weighted by molar-refractivity contribution is 0.385. The summed E-state index contributed by atoms with van der Waals surface area (Å²) in [4.78, 5) is 0.680. The van der Waals surface area contributed by atoms with Gasteiger partial charge in [0.05, 0.1) is 7.11 Å². The van der Waals surface area contributed by atoms with Crippen LogP contribution in [0.1, 0.15) is 0 Å². The molecule has 2 N–H and O–H groups in total. The summed E-state index contributed by atoms with van der Waals surface area (Å²) < 4.78 is 20.0. The second-order valence-corrected chi connectivity index (χ2v) is 4.36. The SMILES string of the molecule is COc1cc(Sc2nncn2C)c(N)cc1F. The quantitative estimate of drug-likeness (QED) is 0.844. The van der Waals surface area contributed by atoms with Gasteiger partial charge in [0.25, 0.3) is 0 Å². The highest BCUT2D eigenvalue weighted by Gasteiger charge is 2.11. The average molecular weight is 254 g/mol. The highest BCUT2D eigenvalue weighted by atomic mass is 32.2. The van der Waals surface area contributed by atoms with Gasteiger partial charge in [0.1, 0.15) is 6.33 Å². The Morgan fingerprint density at radius 1 is 1.47 bits per heavy atom. The molecule has 1 aromatic heterocycles. The fourth-order valence-electron chi connectivity index (χ4n) is 1.26. The third-order valence-electron chi connectivity index (χ3n) is 2.16. The van der Waals surface area contributed by atoms with E-state index in [1.54, 1.807) is 17.0 Å². The van der Waals surface area contributed by atoms with Crippen LogP contribution in [0.2, 0.25) is 0 Å². The van der Waals surface area contributed by atoms with Crippen molar-refractivity contribution in [1.29, 1.82) is 0 Å². The zero-order valence-electron chi connectivity index (χ0n) is 9.35. The van der Waals surface area contributed by atoms with Gasteiger partial charge in [0, 0.05) is 23.7 Å². The first kappa shape index (κ1) is 11.7. The minimum atomic E-state index is -0.479. The van der Waals surface area contributed by atoms with E-state index in [4.69, 9.17) is 10.5 Å². The molecule has 2 aromatic rings. The van der Waals surface area contributed by atoms with Crippen molar-refractivity contribution in [3.63, 3.8) is 0 Å². The smallest absolute Gasteiger partial charge is 0.195 e. The number of ether oxygens (including phenoxy) is 1. The van der Waals surface area contributed by atoms with Crippen LogP contribution in [-0.2, 0) is 7.05 Å². The molecule has 0 saturated carbocycles. The summed E-state index contributed by atoms with van der Waals surface area (Å²) in [5.74, 6) is -0.323. The van der Waals surface area contributed by atoms with Gasteiger partial charge in [-0.15, -0.1) is 10.2 Å². The number of aryl methyl sites for hydroxylation is 1. The Hall–Kier alpha value is -1.76. The van der Waals surface area contributed by atoms with E-state index in [9.17, 15) is 4.39 Å². The third-order valence-corrected chi connectivity index (χ3v) is 3.28. The number of hydrogen-bond acceptors (Lipinski definition) is 5. The van der Waals surface area contributed by atoms with Gasteiger partial charge in [-0.25, -0.2) is 4.39 Å². The number of halogens is 1. The molecule has 7 heteroatoms. The van der Waals surface area contributed by atoms with Gasteiger partial charge in [-0.3, -0.25) is 0 Å². The molecule has 1 aromatic carbocycles. The standard InChI is InChI=1S/C10H11FN4OS/c1-15-5-13-14-10(15)17-9-4-8(16-2)6(11)3-7(9)12/h3-5H,12H2,1-2H3. The summed E-state index contributed by atoms with van der Waals surface area (Å²) in [6.07, 6.45) is 1.58. The van der Waals surface area contributed by atoms with Crippen LogP contribution in [0.25, 0.3) is 0 Å². The van der Waals surface area contributed by atoms with Gasteiger partial charge < -0.3 is 15.0 Å². The molecule has 0 atom stereocenters. The number of anilines is 1. The van der Waals surface area contributed by atoms with Crippen LogP contribution >= 0.6 is 11.8 Å². The minimum Gasteiger partial charge on any atom is -0.494 e. The summed E-state index contributed by atoms with van der Waals surface area (Å²) in [6.45, 7) is 0. The highest BCUT2D eigenvalue weighted by Crippen LogP contribution is 2.34. The number of rotatable bonds is 3. The van der Waals surface area contributed by atoms with Gasteiger partial charge >= 0.3 is 0 Å².